The van der Waals surface area contributed by atoms with Crippen molar-refractivity contribution in [3.05, 3.63) is 35.9 Å². The Balaban J connectivity index is 2.65. The molecule has 0 saturated heterocycles. The van der Waals surface area contributed by atoms with Crippen molar-refractivity contribution in [1.29, 1.82) is 0 Å². The predicted molar refractivity (Wildman–Crippen MR) is 56.6 cm³/mol. The summed E-state index contributed by atoms with van der Waals surface area (Å²) in [4.78, 5) is 10.7. The standard InChI is InChI=1S/C11H16N2O/c1-8(10(12)7-11(13)14)9-5-3-2-4-6-9/h2-6,8,10H,7,12H2,1H3,(H2,13,14). The van der Waals surface area contributed by atoms with Crippen LogP contribution >= 0.6 is 0 Å². The van der Waals surface area contributed by atoms with Gasteiger partial charge in [-0.25, -0.2) is 0 Å². The van der Waals surface area contributed by atoms with E-state index in [1.807, 2.05) is 37.3 Å². The molecule has 2 atom stereocenters. The van der Waals surface area contributed by atoms with Gasteiger partial charge >= 0.3 is 0 Å². The summed E-state index contributed by atoms with van der Waals surface area (Å²) in [7, 11) is 0. The second-order valence-corrected chi connectivity index (χ2v) is 3.53. The lowest BCUT2D eigenvalue weighted by molar-refractivity contribution is -0.118. The van der Waals surface area contributed by atoms with Crippen molar-refractivity contribution in [2.75, 3.05) is 0 Å². The first-order valence-corrected chi connectivity index (χ1v) is 4.70. The number of carbonyl (C=O) groups is 1. The average molecular weight is 192 g/mol. The van der Waals surface area contributed by atoms with Gasteiger partial charge in [0.2, 0.25) is 5.91 Å². The summed E-state index contributed by atoms with van der Waals surface area (Å²) < 4.78 is 0. The van der Waals surface area contributed by atoms with E-state index in [1.165, 1.54) is 0 Å². The summed E-state index contributed by atoms with van der Waals surface area (Å²) in [5.41, 5.74) is 12.1. The fraction of sp³-hybridized carbons (Fsp3) is 0.364. The number of rotatable bonds is 4. The third kappa shape index (κ3) is 2.85. The molecule has 1 aromatic carbocycles. The minimum Gasteiger partial charge on any atom is -0.370 e. The van der Waals surface area contributed by atoms with Gasteiger partial charge in [-0.3, -0.25) is 4.79 Å². The highest BCUT2D eigenvalue weighted by Gasteiger charge is 2.16. The number of primary amides is 1. The number of nitrogens with two attached hydrogens (primary N) is 2. The van der Waals surface area contributed by atoms with Crippen LogP contribution in [0, 0.1) is 0 Å². The summed E-state index contributed by atoms with van der Waals surface area (Å²) >= 11 is 0. The van der Waals surface area contributed by atoms with E-state index in [-0.39, 0.29) is 24.3 Å². The van der Waals surface area contributed by atoms with Crippen LogP contribution in [0.5, 0.6) is 0 Å². The fourth-order valence-electron chi connectivity index (χ4n) is 1.41. The van der Waals surface area contributed by atoms with E-state index in [1.54, 1.807) is 0 Å². The van der Waals surface area contributed by atoms with Crippen LogP contribution in [0.1, 0.15) is 24.8 Å². The molecule has 0 aliphatic heterocycles. The first-order chi connectivity index (χ1) is 6.61. The molecule has 0 heterocycles. The highest BCUT2D eigenvalue weighted by molar-refractivity contribution is 5.74. The van der Waals surface area contributed by atoms with Crippen LogP contribution in [0.25, 0.3) is 0 Å². The molecule has 0 spiro atoms. The van der Waals surface area contributed by atoms with Crippen molar-refractivity contribution in [3.63, 3.8) is 0 Å². The quantitative estimate of drug-likeness (QED) is 0.747. The Kier molecular flexibility index (Phi) is 3.65. The highest BCUT2D eigenvalue weighted by Crippen LogP contribution is 2.18. The summed E-state index contributed by atoms with van der Waals surface area (Å²) in [6, 6.07) is 9.69. The topological polar surface area (TPSA) is 69.1 Å². The smallest absolute Gasteiger partial charge is 0.218 e. The molecule has 1 amide bonds. The summed E-state index contributed by atoms with van der Waals surface area (Å²) in [5.74, 6) is -0.191. The molecule has 0 aliphatic carbocycles. The second kappa shape index (κ2) is 4.77. The number of hydrogen-bond donors (Lipinski definition) is 2. The van der Waals surface area contributed by atoms with Gasteiger partial charge in [-0.05, 0) is 11.5 Å². The molecular weight excluding hydrogens is 176 g/mol. The molecule has 2 unspecified atom stereocenters. The molecule has 1 rings (SSSR count). The molecule has 4 N–H and O–H groups in total. The van der Waals surface area contributed by atoms with E-state index < -0.39 is 0 Å². The van der Waals surface area contributed by atoms with Gasteiger partial charge in [0.1, 0.15) is 0 Å². The third-order valence-electron chi connectivity index (χ3n) is 2.40. The van der Waals surface area contributed by atoms with Crippen LogP contribution in [0.3, 0.4) is 0 Å². The maximum absolute atomic E-state index is 10.7. The normalized spacial score (nSPS) is 14.7. The van der Waals surface area contributed by atoms with Gasteiger partial charge in [0.25, 0.3) is 0 Å². The molecule has 0 aromatic heterocycles. The first kappa shape index (κ1) is 10.7. The molecule has 0 saturated carbocycles. The van der Waals surface area contributed by atoms with Gasteiger partial charge in [-0.15, -0.1) is 0 Å². The molecule has 3 nitrogen and oxygen atoms in total. The van der Waals surface area contributed by atoms with Gasteiger partial charge in [-0.1, -0.05) is 37.3 Å². The van der Waals surface area contributed by atoms with Crippen LogP contribution in [-0.2, 0) is 4.79 Å². The Bertz CT molecular complexity index is 297. The van der Waals surface area contributed by atoms with Crippen molar-refractivity contribution in [2.24, 2.45) is 11.5 Å². The lowest BCUT2D eigenvalue weighted by Crippen LogP contribution is -2.32. The van der Waals surface area contributed by atoms with Crippen molar-refractivity contribution in [3.8, 4) is 0 Å². The van der Waals surface area contributed by atoms with Crippen molar-refractivity contribution >= 4 is 5.91 Å². The second-order valence-electron chi connectivity index (χ2n) is 3.53. The van der Waals surface area contributed by atoms with E-state index in [9.17, 15) is 4.79 Å². The number of hydrogen-bond acceptors (Lipinski definition) is 2. The summed E-state index contributed by atoms with van der Waals surface area (Å²) in [6.45, 7) is 2.00. The van der Waals surface area contributed by atoms with Crippen LogP contribution in [0.2, 0.25) is 0 Å². The number of benzene rings is 1. The fourth-order valence-corrected chi connectivity index (χ4v) is 1.41. The minimum atomic E-state index is -0.347. The zero-order valence-electron chi connectivity index (χ0n) is 8.31. The minimum absolute atomic E-state index is 0.156. The van der Waals surface area contributed by atoms with Gasteiger partial charge in [0.05, 0.1) is 0 Å². The largest absolute Gasteiger partial charge is 0.370 e. The Morgan fingerprint density at radius 3 is 2.43 bits per heavy atom. The zero-order valence-corrected chi connectivity index (χ0v) is 8.31. The van der Waals surface area contributed by atoms with Gasteiger partial charge < -0.3 is 11.5 Å². The van der Waals surface area contributed by atoms with Gasteiger partial charge in [0, 0.05) is 12.5 Å². The maximum atomic E-state index is 10.7. The molecule has 1 aromatic rings. The zero-order chi connectivity index (χ0) is 10.6. The molecule has 0 bridgehead atoms. The Hall–Kier alpha value is -1.35. The Morgan fingerprint density at radius 1 is 1.36 bits per heavy atom. The molecule has 76 valence electrons. The van der Waals surface area contributed by atoms with Crippen LogP contribution in [-0.4, -0.2) is 11.9 Å². The monoisotopic (exact) mass is 192 g/mol. The number of carbonyl (C=O) groups excluding carboxylic acids is 1. The SMILES string of the molecule is CC(c1ccccc1)C(N)CC(N)=O. The molecular formula is C11H16N2O. The first-order valence-electron chi connectivity index (χ1n) is 4.70. The Morgan fingerprint density at radius 2 is 1.93 bits per heavy atom. The molecule has 3 heteroatoms. The summed E-state index contributed by atoms with van der Waals surface area (Å²) in [6.07, 6.45) is 0.232. The summed E-state index contributed by atoms with van der Waals surface area (Å²) in [5, 5.41) is 0. The van der Waals surface area contributed by atoms with E-state index in [2.05, 4.69) is 0 Å². The highest BCUT2D eigenvalue weighted by atomic mass is 16.1. The molecule has 0 radical (unpaired) electrons. The van der Waals surface area contributed by atoms with Crippen LogP contribution in [0.15, 0.2) is 30.3 Å². The van der Waals surface area contributed by atoms with E-state index in [0.717, 1.165) is 5.56 Å². The average Bonchev–Trinajstić information content (AvgIpc) is 2.17. The van der Waals surface area contributed by atoms with E-state index in [4.69, 9.17) is 11.5 Å². The molecule has 14 heavy (non-hydrogen) atoms. The third-order valence-corrected chi connectivity index (χ3v) is 2.40. The van der Waals surface area contributed by atoms with Crippen LogP contribution < -0.4 is 11.5 Å². The van der Waals surface area contributed by atoms with E-state index >= 15 is 0 Å². The van der Waals surface area contributed by atoms with Crippen molar-refractivity contribution < 1.29 is 4.79 Å². The van der Waals surface area contributed by atoms with Crippen molar-refractivity contribution in [1.82, 2.24) is 0 Å². The molecule has 0 aliphatic rings. The number of amides is 1. The van der Waals surface area contributed by atoms with Crippen LogP contribution in [0.4, 0.5) is 0 Å². The lowest BCUT2D eigenvalue weighted by atomic mass is 9.92. The lowest BCUT2D eigenvalue weighted by Gasteiger charge is -2.18. The van der Waals surface area contributed by atoms with Gasteiger partial charge in [-0.2, -0.15) is 0 Å². The van der Waals surface area contributed by atoms with Gasteiger partial charge in [0.15, 0.2) is 0 Å². The van der Waals surface area contributed by atoms with E-state index in [0.29, 0.717) is 0 Å². The van der Waals surface area contributed by atoms with Crippen molar-refractivity contribution in [2.45, 2.75) is 25.3 Å². The maximum Gasteiger partial charge on any atom is 0.218 e. The Labute approximate surface area is 84.1 Å². The molecule has 0 fully saturated rings. The predicted octanol–water partition coefficient (Wildman–Crippen LogP) is 0.993.